The highest BCUT2D eigenvalue weighted by Gasteiger charge is 2.32. The Bertz CT molecular complexity index is 458. The van der Waals surface area contributed by atoms with Gasteiger partial charge in [0.2, 0.25) is 0 Å². The maximum Gasteiger partial charge on any atom is 0.112 e. The predicted molar refractivity (Wildman–Crippen MR) is 73.2 cm³/mol. The van der Waals surface area contributed by atoms with Crippen LogP contribution >= 0.6 is 0 Å². The van der Waals surface area contributed by atoms with Gasteiger partial charge in [0.05, 0.1) is 5.69 Å². The first kappa shape index (κ1) is 11.9. The maximum atomic E-state index is 5.49. The highest BCUT2D eigenvalue weighted by molar-refractivity contribution is 5.24. The summed E-state index contributed by atoms with van der Waals surface area (Å²) >= 11 is 0. The number of nitrogens with zero attached hydrogens (tertiary/aromatic N) is 2. The topological polar surface area (TPSA) is 39.1 Å². The molecule has 0 spiro atoms. The molecule has 1 aromatic heterocycles. The van der Waals surface area contributed by atoms with Gasteiger partial charge in [-0.2, -0.15) is 0 Å². The van der Waals surface area contributed by atoms with Gasteiger partial charge < -0.3 is 14.6 Å². The van der Waals surface area contributed by atoms with Crippen molar-refractivity contribution in [3.05, 3.63) is 17.2 Å². The highest BCUT2D eigenvalue weighted by Crippen LogP contribution is 2.41. The van der Waals surface area contributed by atoms with E-state index in [9.17, 15) is 0 Å². The smallest absolute Gasteiger partial charge is 0.112 e. The normalized spacial score (nSPS) is 24.4. The third kappa shape index (κ3) is 2.32. The molecular formula is C15H23N3O. The summed E-state index contributed by atoms with van der Waals surface area (Å²) < 4.78 is 8.07. The van der Waals surface area contributed by atoms with Crippen LogP contribution < -0.4 is 5.32 Å². The number of imidazole rings is 1. The van der Waals surface area contributed by atoms with Crippen molar-refractivity contribution in [2.45, 2.75) is 51.1 Å². The SMILES string of the molecule is C1Cc2c(nc(C3CC3)n2CC2CCOCC2)CN1. The van der Waals surface area contributed by atoms with E-state index in [1.54, 1.807) is 0 Å². The summed E-state index contributed by atoms with van der Waals surface area (Å²) in [7, 11) is 0. The molecule has 1 aromatic rings. The Morgan fingerprint density at radius 1 is 1.21 bits per heavy atom. The van der Waals surface area contributed by atoms with Gasteiger partial charge in [-0.05, 0) is 31.6 Å². The Labute approximate surface area is 114 Å². The molecule has 4 rings (SSSR count). The Balaban J connectivity index is 1.62. The van der Waals surface area contributed by atoms with Crippen LogP contribution in [-0.4, -0.2) is 29.3 Å². The van der Waals surface area contributed by atoms with Crippen molar-refractivity contribution in [1.29, 1.82) is 0 Å². The van der Waals surface area contributed by atoms with E-state index in [1.165, 1.54) is 49.4 Å². The molecule has 0 amide bonds. The number of ether oxygens (including phenoxy) is 1. The van der Waals surface area contributed by atoms with Crippen LogP contribution in [0.15, 0.2) is 0 Å². The van der Waals surface area contributed by atoms with Crippen molar-refractivity contribution in [1.82, 2.24) is 14.9 Å². The lowest BCUT2D eigenvalue weighted by molar-refractivity contribution is 0.0607. The number of aromatic nitrogens is 2. The first-order chi connectivity index (χ1) is 9.42. The zero-order chi connectivity index (χ0) is 12.7. The number of fused-ring (bicyclic) bond motifs is 1. The molecule has 1 N–H and O–H groups in total. The van der Waals surface area contributed by atoms with Gasteiger partial charge in [-0.25, -0.2) is 4.98 Å². The van der Waals surface area contributed by atoms with Crippen LogP contribution in [0.25, 0.3) is 0 Å². The first-order valence-electron chi connectivity index (χ1n) is 7.78. The molecule has 0 aromatic carbocycles. The first-order valence-corrected chi connectivity index (χ1v) is 7.78. The predicted octanol–water partition coefficient (Wildman–Crippen LogP) is 1.83. The molecule has 1 saturated heterocycles. The fourth-order valence-electron chi connectivity index (χ4n) is 3.44. The van der Waals surface area contributed by atoms with E-state index in [0.717, 1.165) is 44.6 Å². The van der Waals surface area contributed by atoms with Crippen LogP contribution in [0.3, 0.4) is 0 Å². The quantitative estimate of drug-likeness (QED) is 0.902. The van der Waals surface area contributed by atoms with E-state index in [2.05, 4.69) is 9.88 Å². The lowest BCUT2D eigenvalue weighted by Gasteiger charge is -2.25. The standard InChI is InChI=1S/C15H23N3O/c1-2-12(1)15-17-13-9-16-6-3-14(13)18(15)10-11-4-7-19-8-5-11/h11-12,16H,1-10H2. The largest absolute Gasteiger partial charge is 0.381 e. The second kappa shape index (κ2) is 4.91. The van der Waals surface area contributed by atoms with Gasteiger partial charge in [-0.1, -0.05) is 0 Å². The Hall–Kier alpha value is -0.870. The van der Waals surface area contributed by atoms with Crippen molar-refractivity contribution in [2.75, 3.05) is 19.8 Å². The van der Waals surface area contributed by atoms with Crippen molar-refractivity contribution in [3.63, 3.8) is 0 Å². The molecular weight excluding hydrogens is 238 g/mol. The van der Waals surface area contributed by atoms with E-state index in [-0.39, 0.29) is 0 Å². The van der Waals surface area contributed by atoms with E-state index in [0.29, 0.717) is 0 Å². The minimum absolute atomic E-state index is 0.755. The molecule has 0 unspecified atom stereocenters. The van der Waals surface area contributed by atoms with Gasteiger partial charge in [0, 0.05) is 50.9 Å². The van der Waals surface area contributed by atoms with Crippen LogP contribution in [-0.2, 0) is 24.2 Å². The molecule has 4 nitrogen and oxygen atoms in total. The molecule has 4 heteroatoms. The lowest BCUT2D eigenvalue weighted by atomic mass is 10.00. The van der Waals surface area contributed by atoms with E-state index >= 15 is 0 Å². The lowest BCUT2D eigenvalue weighted by Crippen LogP contribution is -2.27. The summed E-state index contributed by atoms with van der Waals surface area (Å²) in [5.74, 6) is 2.94. The van der Waals surface area contributed by atoms with E-state index < -0.39 is 0 Å². The van der Waals surface area contributed by atoms with Gasteiger partial charge in [0.1, 0.15) is 5.82 Å². The van der Waals surface area contributed by atoms with Crippen molar-refractivity contribution in [3.8, 4) is 0 Å². The molecule has 19 heavy (non-hydrogen) atoms. The van der Waals surface area contributed by atoms with Crippen molar-refractivity contribution in [2.24, 2.45) is 5.92 Å². The summed E-state index contributed by atoms with van der Waals surface area (Å²) in [5.41, 5.74) is 2.84. The van der Waals surface area contributed by atoms with Crippen molar-refractivity contribution < 1.29 is 4.74 Å². The summed E-state index contributed by atoms with van der Waals surface area (Å²) in [6.45, 7) is 5.15. The number of hydrogen-bond acceptors (Lipinski definition) is 3. The molecule has 3 heterocycles. The second-order valence-corrected chi connectivity index (χ2v) is 6.23. The molecule has 1 aliphatic carbocycles. The molecule has 0 bridgehead atoms. The van der Waals surface area contributed by atoms with Crippen molar-refractivity contribution >= 4 is 0 Å². The molecule has 1 saturated carbocycles. The summed E-state index contributed by atoms with van der Waals surface area (Å²) in [5, 5.41) is 3.45. The minimum Gasteiger partial charge on any atom is -0.381 e. The van der Waals surface area contributed by atoms with E-state index in [4.69, 9.17) is 9.72 Å². The third-order valence-electron chi connectivity index (χ3n) is 4.74. The number of hydrogen-bond donors (Lipinski definition) is 1. The molecule has 104 valence electrons. The molecule has 2 fully saturated rings. The van der Waals surface area contributed by atoms with Gasteiger partial charge in [-0.3, -0.25) is 0 Å². The van der Waals surface area contributed by atoms with Crippen LogP contribution in [0.1, 0.15) is 48.8 Å². The Morgan fingerprint density at radius 2 is 2.05 bits per heavy atom. The minimum atomic E-state index is 0.755. The van der Waals surface area contributed by atoms with E-state index in [1.807, 2.05) is 0 Å². The third-order valence-corrected chi connectivity index (χ3v) is 4.74. The molecule has 3 aliphatic rings. The van der Waals surface area contributed by atoms with Gasteiger partial charge in [-0.15, -0.1) is 0 Å². The Morgan fingerprint density at radius 3 is 2.84 bits per heavy atom. The zero-order valence-corrected chi connectivity index (χ0v) is 11.5. The molecule has 0 atom stereocenters. The Kier molecular flexibility index (Phi) is 3.08. The van der Waals surface area contributed by atoms with Crippen LogP contribution in [0, 0.1) is 5.92 Å². The van der Waals surface area contributed by atoms with Crippen LogP contribution in [0.4, 0.5) is 0 Å². The summed E-state index contributed by atoms with van der Waals surface area (Å²) in [6, 6.07) is 0. The maximum absolute atomic E-state index is 5.49. The number of nitrogens with one attached hydrogen (secondary N) is 1. The monoisotopic (exact) mass is 261 g/mol. The highest BCUT2D eigenvalue weighted by atomic mass is 16.5. The number of rotatable bonds is 3. The van der Waals surface area contributed by atoms with Crippen LogP contribution in [0.5, 0.6) is 0 Å². The van der Waals surface area contributed by atoms with Crippen LogP contribution in [0.2, 0.25) is 0 Å². The molecule has 0 radical (unpaired) electrons. The second-order valence-electron chi connectivity index (χ2n) is 6.23. The van der Waals surface area contributed by atoms with Gasteiger partial charge >= 0.3 is 0 Å². The molecule has 2 aliphatic heterocycles. The average Bonchev–Trinajstić information content (AvgIpc) is 3.24. The summed E-state index contributed by atoms with van der Waals surface area (Å²) in [4.78, 5) is 4.95. The zero-order valence-electron chi connectivity index (χ0n) is 11.5. The fraction of sp³-hybridized carbons (Fsp3) is 0.800. The fourth-order valence-corrected chi connectivity index (χ4v) is 3.44. The van der Waals surface area contributed by atoms with Gasteiger partial charge in [0.15, 0.2) is 0 Å². The van der Waals surface area contributed by atoms with Gasteiger partial charge in [0.25, 0.3) is 0 Å². The average molecular weight is 261 g/mol. The summed E-state index contributed by atoms with van der Waals surface area (Å²) in [6.07, 6.45) is 6.27.